The monoisotopic (exact) mass is 244 g/mol. The van der Waals surface area contributed by atoms with E-state index in [0.717, 1.165) is 0 Å². The van der Waals surface area contributed by atoms with Gasteiger partial charge in [0, 0.05) is 24.7 Å². The quantitative estimate of drug-likeness (QED) is 0.883. The number of likely N-dealkylation sites (N-methyl/N-ethyl adjacent to an activating group) is 1. The standard InChI is InChI=1S/C11H14ClFN2O/c1-7(14)6-15(2)11(16)9-5-8(12)3-4-10(9)13/h3-5,7H,6,14H2,1-2H3. The molecule has 1 atom stereocenters. The van der Waals surface area contributed by atoms with E-state index in [1.807, 2.05) is 0 Å². The first-order valence-corrected chi connectivity index (χ1v) is 5.25. The molecule has 1 rings (SSSR count). The number of nitrogens with two attached hydrogens (primary N) is 1. The molecule has 5 heteroatoms. The SMILES string of the molecule is CC(N)CN(C)C(=O)c1cc(Cl)ccc1F. The van der Waals surface area contributed by atoms with Gasteiger partial charge >= 0.3 is 0 Å². The molecular formula is C11H14ClFN2O. The first-order chi connectivity index (χ1) is 7.41. The molecule has 0 spiro atoms. The second-order valence-corrected chi connectivity index (χ2v) is 4.22. The van der Waals surface area contributed by atoms with Crippen molar-refractivity contribution in [3.63, 3.8) is 0 Å². The van der Waals surface area contributed by atoms with Crippen LogP contribution in [0.3, 0.4) is 0 Å². The fourth-order valence-corrected chi connectivity index (χ4v) is 1.55. The number of hydrogen-bond donors (Lipinski definition) is 1. The van der Waals surface area contributed by atoms with Gasteiger partial charge in [0.25, 0.3) is 5.91 Å². The van der Waals surface area contributed by atoms with E-state index in [4.69, 9.17) is 17.3 Å². The first kappa shape index (κ1) is 12.9. The number of rotatable bonds is 3. The lowest BCUT2D eigenvalue weighted by atomic mass is 10.2. The van der Waals surface area contributed by atoms with Crippen molar-refractivity contribution in [3.8, 4) is 0 Å². The van der Waals surface area contributed by atoms with Crippen molar-refractivity contribution in [3.05, 3.63) is 34.6 Å². The summed E-state index contributed by atoms with van der Waals surface area (Å²) in [6.07, 6.45) is 0. The second kappa shape index (κ2) is 5.27. The third-order valence-corrected chi connectivity index (χ3v) is 2.30. The van der Waals surface area contributed by atoms with Crippen LogP contribution in [0.15, 0.2) is 18.2 Å². The molecule has 0 fully saturated rings. The van der Waals surface area contributed by atoms with Gasteiger partial charge in [-0.15, -0.1) is 0 Å². The fraction of sp³-hybridized carbons (Fsp3) is 0.364. The van der Waals surface area contributed by atoms with Crippen LogP contribution >= 0.6 is 11.6 Å². The number of carbonyl (C=O) groups is 1. The highest BCUT2D eigenvalue weighted by Gasteiger charge is 2.17. The number of amides is 1. The molecule has 0 heterocycles. The Bertz CT molecular complexity index is 396. The minimum absolute atomic E-state index is 0.0318. The predicted octanol–water partition coefficient (Wildman–Crippen LogP) is 1.90. The lowest BCUT2D eigenvalue weighted by molar-refractivity contribution is 0.0784. The van der Waals surface area contributed by atoms with Gasteiger partial charge < -0.3 is 10.6 Å². The zero-order chi connectivity index (χ0) is 12.3. The number of benzene rings is 1. The van der Waals surface area contributed by atoms with E-state index in [0.29, 0.717) is 11.6 Å². The summed E-state index contributed by atoms with van der Waals surface area (Å²) in [7, 11) is 1.58. The maximum absolute atomic E-state index is 13.4. The number of hydrogen-bond acceptors (Lipinski definition) is 2. The van der Waals surface area contributed by atoms with E-state index in [1.54, 1.807) is 14.0 Å². The summed E-state index contributed by atoms with van der Waals surface area (Å²) in [5.41, 5.74) is 5.53. The van der Waals surface area contributed by atoms with E-state index in [1.165, 1.54) is 23.1 Å². The van der Waals surface area contributed by atoms with Crippen molar-refractivity contribution in [2.45, 2.75) is 13.0 Å². The Morgan fingerprint density at radius 1 is 1.62 bits per heavy atom. The molecule has 0 bridgehead atoms. The van der Waals surface area contributed by atoms with Gasteiger partial charge in [-0.25, -0.2) is 4.39 Å². The zero-order valence-electron chi connectivity index (χ0n) is 9.21. The Morgan fingerprint density at radius 2 is 2.25 bits per heavy atom. The summed E-state index contributed by atoms with van der Waals surface area (Å²) < 4.78 is 13.4. The molecule has 0 aliphatic carbocycles. The minimum atomic E-state index is -0.578. The Labute approximate surface area is 99.0 Å². The van der Waals surface area contributed by atoms with Crippen LogP contribution in [-0.2, 0) is 0 Å². The van der Waals surface area contributed by atoms with Crippen LogP contribution in [-0.4, -0.2) is 30.4 Å². The molecule has 0 aliphatic heterocycles. The molecule has 88 valence electrons. The summed E-state index contributed by atoms with van der Waals surface area (Å²) in [4.78, 5) is 13.2. The van der Waals surface area contributed by atoms with Crippen molar-refractivity contribution < 1.29 is 9.18 Å². The Hall–Kier alpha value is -1.13. The summed E-state index contributed by atoms with van der Waals surface area (Å²) >= 11 is 5.71. The largest absolute Gasteiger partial charge is 0.340 e. The van der Waals surface area contributed by atoms with Crippen LogP contribution in [0.5, 0.6) is 0 Å². The topological polar surface area (TPSA) is 46.3 Å². The van der Waals surface area contributed by atoms with Crippen molar-refractivity contribution in [2.24, 2.45) is 5.73 Å². The normalized spacial score (nSPS) is 12.3. The van der Waals surface area contributed by atoms with Crippen LogP contribution in [0, 0.1) is 5.82 Å². The van der Waals surface area contributed by atoms with Crippen LogP contribution in [0.1, 0.15) is 17.3 Å². The molecule has 16 heavy (non-hydrogen) atoms. The molecule has 3 nitrogen and oxygen atoms in total. The first-order valence-electron chi connectivity index (χ1n) is 4.88. The number of nitrogens with zero attached hydrogens (tertiary/aromatic N) is 1. The van der Waals surface area contributed by atoms with E-state index in [2.05, 4.69) is 0 Å². The predicted molar refractivity (Wildman–Crippen MR) is 62.0 cm³/mol. The van der Waals surface area contributed by atoms with Crippen LogP contribution in [0.25, 0.3) is 0 Å². The van der Waals surface area contributed by atoms with Crippen molar-refractivity contribution in [2.75, 3.05) is 13.6 Å². The van der Waals surface area contributed by atoms with Gasteiger partial charge in [-0.1, -0.05) is 11.6 Å². The number of halogens is 2. The van der Waals surface area contributed by atoms with Crippen LogP contribution in [0.4, 0.5) is 4.39 Å². The summed E-state index contributed by atoms with van der Waals surface area (Å²) in [5, 5.41) is 0.332. The second-order valence-electron chi connectivity index (χ2n) is 3.79. The smallest absolute Gasteiger partial charge is 0.256 e. The molecule has 0 saturated carbocycles. The summed E-state index contributed by atoms with van der Waals surface area (Å²) in [5.74, 6) is -0.997. The van der Waals surface area contributed by atoms with Gasteiger partial charge in [-0.2, -0.15) is 0 Å². The van der Waals surface area contributed by atoms with Gasteiger partial charge in [0.05, 0.1) is 5.56 Å². The van der Waals surface area contributed by atoms with E-state index in [-0.39, 0.29) is 11.6 Å². The average molecular weight is 245 g/mol. The van der Waals surface area contributed by atoms with Crippen molar-refractivity contribution >= 4 is 17.5 Å². The van der Waals surface area contributed by atoms with E-state index >= 15 is 0 Å². The summed E-state index contributed by atoms with van der Waals surface area (Å²) in [6, 6.07) is 3.74. The molecule has 1 unspecified atom stereocenters. The molecule has 2 N–H and O–H groups in total. The Morgan fingerprint density at radius 3 is 2.81 bits per heavy atom. The molecule has 0 aromatic heterocycles. The average Bonchev–Trinajstić information content (AvgIpc) is 2.19. The molecule has 1 aromatic rings. The highest BCUT2D eigenvalue weighted by atomic mass is 35.5. The molecular weight excluding hydrogens is 231 g/mol. The zero-order valence-corrected chi connectivity index (χ0v) is 9.96. The van der Waals surface area contributed by atoms with Crippen LogP contribution < -0.4 is 5.73 Å². The highest BCUT2D eigenvalue weighted by Crippen LogP contribution is 2.16. The molecule has 0 aliphatic rings. The van der Waals surface area contributed by atoms with Gasteiger partial charge in [0.2, 0.25) is 0 Å². The van der Waals surface area contributed by atoms with Gasteiger partial charge in [0.1, 0.15) is 5.82 Å². The minimum Gasteiger partial charge on any atom is -0.340 e. The Balaban J connectivity index is 2.91. The number of carbonyl (C=O) groups excluding carboxylic acids is 1. The Kier molecular flexibility index (Phi) is 4.26. The highest BCUT2D eigenvalue weighted by molar-refractivity contribution is 6.30. The van der Waals surface area contributed by atoms with Crippen molar-refractivity contribution in [1.29, 1.82) is 0 Å². The fourth-order valence-electron chi connectivity index (χ4n) is 1.38. The molecule has 0 saturated heterocycles. The molecule has 1 amide bonds. The van der Waals surface area contributed by atoms with Crippen molar-refractivity contribution in [1.82, 2.24) is 4.90 Å². The maximum atomic E-state index is 13.4. The van der Waals surface area contributed by atoms with Gasteiger partial charge in [0.15, 0.2) is 0 Å². The molecule has 0 radical (unpaired) electrons. The van der Waals surface area contributed by atoms with E-state index in [9.17, 15) is 9.18 Å². The third kappa shape index (κ3) is 3.18. The van der Waals surface area contributed by atoms with Gasteiger partial charge in [-0.3, -0.25) is 4.79 Å². The third-order valence-electron chi connectivity index (χ3n) is 2.07. The maximum Gasteiger partial charge on any atom is 0.256 e. The molecule has 1 aromatic carbocycles. The summed E-state index contributed by atoms with van der Waals surface area (Å²) in [6.45, 7) is 2.14. The van der Waals surface area contributed by atoms with Crippen LogP contribution in [0.2, 0.25) is 5.02 Å². The van der Waals surface area contributed by atoms with Gasteiger partial charge in [-0.05, 0) is 25.1 Å². The lowest BCUT2D eigenvalue weighted by Crippen LogP contribution is -2.37. The van der Waals surface area contributed by atoms with E-state index < -0.39 is 11.7 Å². The lowest BCUT2D eigenvalue weighted by Gasteiger charge is -2.19.